The van der Waals surface area contributed by atoms with E-state index in [1.807, 2.05) is 0 Å². The zero-order chi connectivity index (χ0) is 11.2. The zero-order valence-electron chi connectivity index (χ0n) is 8.92. The molecule has 4 nitrogen and oxygen atoms in total. The number of rotatable bonds is 5. The van der Waals surface area contributed by atoms with Crippen molar-refractivity contribution in [3.8, 4) is 0 Å². The van der Waals surface area contributed by atoms with E-state index in [9.17, 15) is 4.79 Å². The minimum absolute atomic E-state index is 0.0915. The average molecular weight is 224 g/mol. The first-order valence-corrected chi connectivity index (χ1v) is 5.00. The van der Waals surface area contributed by atoms with Crippen molar-refractivity contribution in [1.82, 2.24) is 4.90 Å². The van der Waals surface area contributed by atoms with Gasteiger partial charge in [0.2, 0.25) is 0 Å². The number of hydrogen-bond donors (Lipinski definition) is 1. The number of amides is 1. The predicted octanol–water partition coefficient (Wildman–Crippen LogP) is 1.45. The second-order valence-electron chi connectivity index (χ2n) is 3.56. The second-order valence-corrected chi connectivity index (χ2v) is 4.59. The normalized spacial score (nSPS) is 11.2. The third-order valence-corrected chi connectivity index (χ3v) is 1.58. The van der Waals surface area contributed by atoms with Crippen LogP contribution in [0.3, 0.4) is 0 Å². The Labute approximate surface area is 89.8 Å². The average Bonchev–Trinajstić information content (AvgIpc) is 2.01. The lowest BCUT2D eigenvalue weighted by Crippen LogP contribution is -2.41. The molecule has 0 rings (SSSR count). The molecule has 0 spiro atoms. The van der Waals surface area contributed by atoms with E-state index in [4.69, 9.17) is 21.4 Å². The molecule has 0 radical (unpaired) electrons. The third kappa shape index (κ3) is 6.05. The van der Waals surface area contributed by atoms with Gasteiger partial charge in [0.25, 0.3) is 0 Å². The number of carbonyl (C=O) groups is 1. The van der Waals surface area contributed by atoms with E-state index in [0.717, 1.165) is 0 Å². The Kier molecular flexibility index (Phi) is 5.88. The summed E-state index contributed by atoms with van der Waals surface area (Å²) in [6.07, 6.45) is -0.435. The first-order valence-electron chi connectivity index (χ1n) is 4.62. The smallest absolute Gasteiger partial charge is 0.409 e. The van der Waals surface area contributed by atoms with Crippen molar-refractivity contribution >= 4 is 17.7 Å². The second kappa shape index (κ2) is 6.09. The fourth-order valence-electron chi connectivity index (χ4n) is 1.02. The van der Waals surface area contributed by atoms with Crippen molar-refractivity contribution in [3.63, 3.8) is 0 Å². The molecule has 0 unspecified atom stereocenters. The first-order chi connectivity index (χ1) is 6.40. The van der Waals surface area contributed by atoms with Gasteiger partial charge in [0.05, 0.1) is 18.1 Å². The highest BCUT2D eigenvalue weighted by Crippen LogP contribution is 2.14. The zero-order valence-corrected chi connectivity index (χ0v) is 9.67. The molecule has 0 aromatic heterocycles. The van der Waals surface area contributed by atoms with Crippen molar-refractivity contribution in [2.45, 2.75) is 25.6 Å². The number of carbonyl (C=O) groups excluding carboxylic acids is 1. The fraction of sp³-hybridized carbons (Fsp3) is 0.889. The van der Waals surface area contributed by atoms with Crippen molar-refractivity contribution in [1.29, 1.82) is 0 Å². The molecular weight excluding hydrogens is 206 g/mol. The van der Waals surface area contributed by atoms with Gasteiger partial charge >= 0.3 is 6.09 Å². The van der Waals surface area contributed by atoms with Crippen LogP contribution in [0.4, 0.5) is 4.79 Å². The van der Waals surface area contributed by atoms with Gasteiger partial charge in [-0.2, -0.15) is 0 Å². The Morgan fingerprint density at radius 1 is 1.57 bits per heavy atom. The minimum Gasteiger partial charge on any atom is -0.450 e. The van der Waals surface area contributed by atoms with Crippen molar-refractivity contribution < 1.29 is 14.6 Å². The molecule has 1 amide bonds. The highest BCUT2D eigenvalue weighted by molar-refractivity contribution is 6.23. The van der Waals surface area contributed by atoms with E-state index in [-0.39, 0.29) is 13.2 Å². The van der Waals surface area contributed by atoms with Crippen LogP contribution in [0, 0.1) is 0 Å². The summed E-state index contributed by atoms with van der Waals surface area (Å²) in [5, 5.41) is 8.76. The number of nitrogens with zero attached hydrogens (tertiary/aromatic N) is 1. The number of hydrogen-bond acceptors (Lipinski definition) is 3. The SMILES string of the molecule is CCOC(=O)N(CCO)CC(C)(C)Cl. The predicted molar refractivity (Wildman–Crippen MR) is 55.6 cm³/mol. The molecule has 0 aromatic rings. The number of ether oxygens (including phenoxy) is 1. The van der Waals surface area contributed by atoms with Crippen molar-refractivity contribution in [2.75, 3.05) is 26.3 Å². The summed E-state index contributed by atoms with van der Waals surface area (Å²) >= 11 is 5.98. The van der Waals surface area contributed by atoms with Crippen LogP contribution in [0.1, 0.15) is 20.8 Å². The van der Waals surface area contributed by atoms with E-state index in [1.165, 1.54) is 4.90 Å². The summed E-state index contributed by atoms with van der Waals surface area (Å²) in [5.74, 6) is 0. The van der Waals surface area contributed by atoms with Gasteiger partial charge in [0.15, 0.2) is 0 Å². The lowest BCUT2D eigenvalue weighted by molar-refractivity contribution is 0.0952. The van der Waals surface area contributed by atoms with Gasteiger partial charge in [-0.05, 0) is 20.8 Å². The lowest BCUT2D eigenvalue weighted by atomic mass is 10.2. The Bertz CT molecular complexity index is 179. The van der Waals surface area contributed by atoms with Crippen LogP contribution < -0.4 is 0 Å². The highest BCUT2D eigenvalue weighted by Gasteiger charge is 2.22. The molecule has 0 atom stereocenters. The van der Waals surface area contributed by atoms with Crippen LogP contribution in [-0.4, -0.2) is 47.3 Å². The highest BCUT2D eigenvalue weighted by atomic mass is 35.5. The molecule has 5 heteroatoms. The topological polar surface area (TPSA) is 49.8 Å². The Hall–Kier alpha value is -0.480. The van der Waals surface area contributed by atoms with Crippen LogP contribution in [-0.2, 0) is 4.74 Å². The number of aliphatic hydroxyl groups excluding tert-OH is 1. The molecule has 0 aliphatic carbocycles. The van der Waals surface area contributed by atoms with Gasteiger partial charge in [0, 0.05) is 13.1 Å². The molecule has 0 saturated heterocycles. The molecule has 0 aromatic carbocycles. The number of alkyl halides is 1. The molecule has 1 N–H and O–H groups in total. The molecule has 0 bridgehead atoms. The summed E-state index contributed by atoms with van der Waals surface area (Å²) in [6, 6.07) is 0. The van der Waals surface area contributed by atoms with Gasteiger partial charge in [0.1, 0.15) is 0 Å². The Balaban J connectivity index is 4.21. The monoisotopic (exact) mass is 223 g/mol. The molecule has 84 valence electrons. The van der Waals surface area contributed by atoms with E-state index in [1.54, 1.807) is 20.8 Å². The van der Waals surface area contributed by atoms with Gasteiger partial charge in [-0.15, -0.1) is 11.6 Å². The van der Waals surface area contributed by atoms with Crippen molar-refractivity contribution in [2.24, 2.45) is 0 Å². The first kappa shape index (κ1) is 13.5. The summed E-state index contributed by atoms with van der Waals surface area (Å²) in [5.41, 5.74) is 0. The van der Waals surface area contributed by atoms with E-state index in [2.05, 4.69) is 0 Å². The Morgan fingerprint density at radius 2 is 2.14 bits per heavy atom. The summed E-state index contributed by atoms with van der Waals surface area (Å²) in [4.78, 5) is 12.2. The van der Waals surface area contributed by atoms with Gasteiger partial charge < -0.3 is 14.7 Å². The standard InChI is InChI=1S/C9H18ClNO3/c1-4-14-8(13)11(5-6-12)7-9(2,3)10/h12H,4-7H2,1-3H3. The maximum absolute atomic E-state index is 11.3. The van der Waals surface area contributed by atoms with E-state index >= 15 is 0 Å². The molecule has 0 heterocycles. The fourth-order valence-corrected chi connectivity index (χ4v) is 1.17. The van der Waals surface area contributed by atoms with Crippen molar-refractivity contribution in [3.05, 3.63) is 0 Å². The van der Waals surface area contributed by atoms with Crippen LogP contribution in [0.5, 0.6) is 0 Å². The molecule has 0 aliphatic rings. The van der Waals surface area contributed by atoms with Crippen LogP contribution in [0.15, 0.2) is 0 Å². The van der Waals surface area contributed by atoms with Crippen LogP contribution in [0.25, 0.3) is 0 Å². The van der Waals surface area contributed by atoms with Crippen LogP contribution in [0.2, 0.25) is 0 Å². The molecular formula is C9H18ClNO3. The van der Waals surface area contributed by atoms with Gasteiger partial charge in [-0.1, -0.05) is 0 Å². The van der Waals surface area contributed by atoms with E-state index in [0.29, 0.717) is 13.2 Å². The number of aliphatic hydroxyl groups is 1. The summed E-state index contributed by atoms with van der Waals surface area (Å²) < 4.78 is 4.82. The lowest BCUT2D eigenvalue weighted by Gasteiger charge is -2.27. The largest absolute Gasteiger partial charge is 0.450 e. The minimum atomic E-state index is -0.512. The third-order valence-electron chi connectivity index (χ3n) is 1.46. The van der Waals surface area contributed by atoms with Crippen LogP contribution >= 0.6 is 11.6 Å². The van der Waals surface area contributed by atoms with Gasteiger partial charge in [-0.25, -0.2) is 4.79 Å². The molecule has 0 saturated carbocycles. The molecule has 0 fully saturated rings. The quantitative estimate of drug-likeness (QED) is 0.718. The van der Waals surface area contributed by atoms with Gasteiger partial charge in [-0.3, -0.25) is 0 Å². The molecule has 14 heavy (non-hydrogen) atoms. The maximum atomic E-state index is 11.3. The summed E-state index contributed by atoms with van der Waals surface area (Å²) in [6.45, 7) is 6.18. The summed E-state index contributed by atoms with van der Waals surface area (Å²) in [7, 11) is 0. The number of halogens is 1. The molecule has 0 aliphatic heterocycles. The maximum Gasteiger partial charge on any atom is 0.409 e. The Morgan fingerprint density at radius 3 is 2.50 bits per heavy atom. The van der Waals surface area contributed by atoms with E-state index < -0.39 is 11.0 Å².